The Hall–Kier alpha value is -2.37. The standard InChI is InChI=1S/C17H22N4O2/c22-16(18-8-11-20-9-4-5-10-20)13-21-17(23)12-14-6-2-1-3-7-15(14)19-21/h4-5,9-10,12H,1-3,6-8,11,13H2,(H,18,22). The minimum atomic E-state index is -0.189. The molecule has 6 heteroatoms. The third-order valence-electron chi connectivity index (χ3n) is 4.18. The molecule has 3 rings (SSSR count). The highest BCUT2D eigenvalue weighted by Crippen LogP contribution is 2.16. The molecule has 0 spiro atoms. The summed E-state index contributed by atoms with van der Waals surface area (Å²) in [7, 11) is 0. The zero-order chi connectivity index (χ0) is 16.1. The Labute approximate surface area is 135 Å². The molecule has 0 atom stereocenters. The summed E-state index contributed by atoms with van der Waals surface area (Å²) in [6.45, 7) is 1.23. The Morgan fingerprint density at radius 2 is 1.96 bits per heavy atom. The van der Waals surface area contributed by atoms with Crippen molar-refractivity contribution in [3.63, 3.8) is 0 Å². The van der Waals surface area contributed by atoms with Crippen molar-refractivity contribution in [3.8, 4) is 0 Å². The molecule has 1 aliphatic rings. The van der Waals surface area contributed by atoms with E-state index in [1.807, 2.05) is 29.1 Å². The Morgan fingerprint density at radius 3 is 2.78 bits per heavy atom. The summed E-state index contributed by atoms with van der Waals surface area (Å²) in [5.74, 6) is -0.180. The number of fused-ring (bicyclic) bond motifs is 1. The van der Waals surface area contributed by atoms with Crippen molar-refractivity contribution in [2.24, 2.45) is 0 Å². The van der Waals surface area contributed by atoms with E-state index in [1.165, 1.54) is 11.1 Å². The second-order valence-electron chi connectivity index (χ2n) is 5.94. The molecule has 23 heavy (non-hydrogen) atoms. The minimum Gasteiger partial charge on any atom is -0.353 e. The number of carbonyl (C=O) groups excluding carboxylic acids is 1. The van der Waals surface area contributed by atoms with Gasteiger partial charge < -0.3 is 9.88 Å². The van der Waals surface area contributed by atoms with Crippen LogP contribution in [-0.4, -0.2) is 26.8 Å². The molecule has 1 N–H and O–H groups in total. The first-order valence-corrected chi connectivity index (χ1v) is 8.20. The van der Waals surface area contributed by atoms with Gasteiger partial charge in [-0.15, -0.1) is 0 Å². The molecule has 2 aromatic rings. The summed E-state index contributed by atoms with van der Waals surface area (Å²) >= 11 is 0. The number of carbonyl (C=O) groups is 1. The predicted octanol–water partition coefficient (Wildman–Crippen LogP) is 1.13. The molecule has 0 fully saturated rings. The van der Waals surface area contributed by atoms with Crippen LogP contribution in [-0.2, 0) is 30.7 Å². The molecule has 1 aliphatic carbocycles. The maximum absolute atomic E-state index is 12.1. The second-order valence-corrected chi connectivity index (χ2v) is 5.94. The number of hydrogen-bond donors (Lipinski definition) is 1. The van der Waals surface area contributed by atoms with Gasteiger partial charge in [0.2, 0.25) is 5.91 Å². The number of hydrogen-bond acceptors (Lipinski definition) is 3. The van der Waals surface area contributed by atoms with Gasteiger partial charge in [-0.1, -0.05) is 6.42 Å². The van der Waals surface area contributed by atoms with Gasteiger partial charge in [-0.2, -0.15) is 5.10 Å². The summed E-state index contributed by atoms with van der Waals surface area (Å²) in [5, 5.41) is 7.24. The molecule has 0 saturated carbocycles. The minimum absolute atomic E-state index is 0.0161. The van der Waals surface area contributed by atoms with Crippen LogP contribution in [0, 0.1) is 0 Å². The van der Waals surface area contributed by atoms with Crippen molar-refractivity contribution in [1.29, 1.82) is 0 Å². The van der Waals surface area contributed by atoms with Crippen LogP contribution in [0.3, 0.4) is 0 Å². The van der Waals surface area contributed by atoms with E-state index in [2.05, 4.69) is 10.4 Å². The molecule has 0 aliphatic heterocycles. The number of rotatable bonds is 5. The van der Waals surface area contributed by atoms with Gasteiger partial charge in [0.25, 0.3) is 5.56 Å². The highest BCUT2D eigenvalue weighted by Gasteiger charge is 2.13. The molecule has 2 heterocycles. The number of nitrogens with one attached hydrogen (secondary N) is 1. The molecule has 6 nitrogen and oxygen atoms in total. The maximum atomic E-state index is 12.1. The lowest BCUT2D eigenvalue weighted by Crippen LogP contribution is -2.35. The number of aromatic nitrogens is 3. The van der Waals surface area contributed by atoms with Crippen molar-refractivity contribution < 1.29 is 4.79 Å². The fourth-order valence-corrected chi connectivity index (χ4v) is 2.93. The average Bonchev–Trinajstić information content (AvgIpc) is 2.94. The number of nitrogens with zero attached hydrogens (tertiary/aromatic N) is 3. The van der Waals surface area contributed by atoms with Gasteiger partial charge in [0.1, 0.15) is 6.54 Å². The molecule has 1 amide bonds. The van der Waals surface area contributed by atoms with Crippen LogP contribution in [0.1, 0.15) is 30.5 Å². The predicted molar refractivity (Wildman–Crippen MR) is 87.2 cm³/mol. The SMILES string of the molecule is O=C(Cn1nc2c(cc1=O)CCCCC2)NCCn1cccc1. The van der Waals surface area contributed by atoms with Gasteiger partial charge in [-0.3, -0.25) is 9.59 Å². The third-order valence-corrected chi connectivity index (χ3v) is 4.18. The van der Waals surface area contributed by atoms with Crippen LogP contribution >= 0.6 is 0 Å². The van der Waals surface area contributed by atoms with Crippen LogP contribution in [0.4, 0.5) is 0 Å². The topological polar surface area (TPSA) is 68.9 Å². The van der Waals surface area contributed by atoms with E-state index in [9.17, 15) is 9.59 Å². The summed E-state index contributed by atoms with van der Waals surface area (Å²) in [4.78, 5) is 24.1. The first-order valence-electron chi connectivity index (χ1n) is 8.20. The van der Waals surface area contributed by atoms with E-state index in [0.29, 0.717) is 13.1 Å². The number of amides is 1. The van der Waals surface area contributed by atoms with Crippen LogP contribution < -0.4 is 10.9 Å². The van der Waals surface area contributed by atoms with Crippen molar-refractivity contribution in [3.05, 3.63) is 52.2 Å². The Morgan fingerprint density at radius 1 is 1.17 bits per heavy atom. The van der Waals surface area contributed by atoms with Crippen LogP contribution in [0.25, 0.3) is 0 Å². The van der Waals surface area contributed by atoms with E-state index in [-0.39, 0.29) is 18.0 Å². The molecular weight excluding hydrogens is 292 g/mol. The lowest BCUT2D eigenvalue weighted by Gasteiger charge is -2.10. The third kappa shape index (κ3) is 4.09. The zero-order valence-electron chi connectivity index (χ0n) is 13.2. The lowest BCUT2D eigenvalue weighted by atomic mass is 10.1. The van der Waals surface area contributed by atoms with Crippen LogP contribution in [0.5, 0.6) is 0 Å². The molecular formula is C17H22N4O2. The summed E-state index contributed by atoms with van der Waals surface area (Å²) in [6.07, 6.45) is 9.09. The molecule has 2 aromatic heterocycles. The first kappa shape index (κ1) is 15.5. The van der Waals surface area contributed by atoms with E-state index in [4.69, 9.17) is 0 Å². The maximum Gasteiger partial charge on any atom is 0.267 e. The smallest absolute Gasteiger partial charge is 0.267 e. The fourth-order valence-electron chi connectivity index (χ4n) is 2.93. The van der Waals surface area contributed by atoms with Crippen molar-refractivity contribution in [1.82, 2.24) is 19.7 Å². The van der Waals surface area contributed by atoms with Crippen molar-refractivity contribution in [2.75, 3.05) is 6.54 Å². The average molecular weight is 314 g/mol. The highest BCUT2D eigenvalue weighted by molar-refractivity contribution is 5.75. The Kier molecular flexibility index (Phi) is 4.90. The van der Waals surface area contributed by atoms with Gasteiger partial charge in [0, 0.05) is 31.5 Å². The zero-order valence-corrected chi connectivity index (χ0v) is 13.2. The van der Waals surface area contributed by atoms with E-state index >= 15 is 0 Å². The normalized spacial score (nSPS) is 14.1. The van der Waals surface area contributed by atoms with Gasteiger partial charge >= 0.3 is 0 Å². The number of aryl methyl sites for hydroxylation is 2. The molecule has 0 radical (unpaired) electrons. The fraction of sp³-hybridized carbons (Fsp3) is 0.471. The quantitative estimate of drug-likeness (QED) is 0.841. The van der Waals surface area contributed by atoms with Gasteiger partial charge in [0.05, 0.1) is 5.69 Å². The first-order chi connectivity index (χ1) is 11.2. The Bertz CT molecular complexity index is 719. The van der Waals surface area contributed by atoms with Crippen molar-refractivity contribution in [2.45, 2.75) is 45.2 Å². The van der Waals surface area contributed by atoms with E-state index < -0.39 is 0 Å². The lowest BCUT2D eigenvalue weighted by molar-refractivity contribution is -0.121. The van der Waals surface area contributed by atoms with Gasteiger partial charge in [0.15, 0.2) is 0 Å². The van der Waals surface area contributed by atoms with Gasteiger partial charge in [-0.05, 0) is 43.4 Å². The monoisotopic (exact) mass is 314 g/mol. The molecule has 122 valence electrons. The van der Waals surface area contributed by atoms with Crippen LogP contribution in [0.2, 0.25) is 0 Å². The summed E-state index contributed by atoms with van der Waals surface area (Å²) in [6, 6.07) is 5.54. The summed E-state index contributed by atoms with van der Waals surface area (Å²) < 4.78 is 3.28. The van der Waals surface area contributed by atoms with Crippen molar-refractivity contribution >= 4 is 5.91 Å². The van der Waals surface area contributed by atoms with E-state index in [0.717, 1.165) is 36.9 Å². The molecule has 0 aromatic carbocycles. The Balaban J connectivity index is 1.59. The van der Waals surface area contributed by atoms with E-state index in [1.54, 1.807) is 6.07 Å². The second kappa shape index (κ2) is 7.26. The summed E-state index contributed by atoms with van der Waals surface area (Å²) in [5.41, 5.74) is 1.84. The molecule has 0 bridgehead atoms. The van der Waals surface area contributed by atoms with Gasteiger partial charge in [-0.25, -0.2) is 4.68 Å². The van der Waals surface area contributed by atoms with Crippen LogP contribution in [0.15, 0.2) is 35.4 Å². The molecule has 0 saturated heterocycles. The highest BCUT2D eigenvalue weighted by atomic mass is 16.2. The largest absolute Gasteiger partial charge is 0.353 e. The molecule has 0 unspecified atom stereocenters.